The Morgan fingerprint density at radius 2 is 1.90 bits per heavy atom. The molecule has 1 N–H and O–H groups in total. The van der Waals surface area contributed by atoms with E-state index in [9.17, 15) is 13.2 Å². The molecule has 0 fully saturated rings. The molecule has 0 aliphatic rings. The molecule has 0 saturated heterocycles. The summed E-state index contributed by atoms with van der Waals surface area (Å²) in [6, 6.07) is 6.33. The zero-order chi connectivity index (χ0) is 15.6. The minimum absolute atomic E-state index is 0.0319. The van der Waals surface area contributed by atoms with Crippen molar-refractivity contribution in [1.82, 2.24) is 9.97 Å². The topological polar surface area (TPSA) is 47.0 Å². The molecule has 0 bridgehead atoms. The molecule has 0 amide bonds. The standard InChI is InChI=1S/C13H11ClF3N3O/c1-7-5-8(21-2)3-4-9(7)18-11-6-10(14)19-12(20-11)13(15,16)17/h3-6H,1-2H3,(H,18,19,20). The van der Waals surface area contributed by atoms with Crippen molar-refractivity contribution in [2.45, 2.75) is 13.1 Å². The molecule has 1 aromatic carbocycles. The van der Waals surface area contributed by atoms with Crippen molar-refractivity contribution < 1.29 is 17.9 Å². The summed E-state index contributed by atoms with van der Waals surface area (Å²) >= 11 is 5.60. The lowest BCUT2D eigenvalue weighted by Crippen LogP contribution is -2.12. The first-order valence-corrected chi connectivity index (χ1v) is 6.21. The Morgan fingerprint density at radius 1 is 1.19 bits per heavy atom. The number of anilines is 2. The molecule has 0 aliphatic heterocycles. The lowest BCUT2D eigenvalue weighted by molar-refractivity contribution is -0.144. The number of ether oxygens (including phenoxy) is 1. The molecule has 4 nitrogen and oxygen atoms in total. The summed E-state index contributed by atoms with van der Waals surface area (Å²) < 4.78 is 43.0. The Hall–Kier alpha value is -2.02. The van der Waals surface area contributed by atoms with Crippen molar-refractivity contribution in [3.05, 3.63) is 40.8 Å². The Labute approximate surface area is 123 Å². The van der Waals surface area contributed by atoms with Gasteiger partial charge in [-0.1, -0.05) is 11.6 Å². The van der Waals surface area contributed by atoms with Crippen molar-refractivity contribution in [3.8, 4) is 5.75 Å². The van der Waals surface area contributed by atoms with Gasteiger partial charge in [0.25, 0.3) is 0 Å². The zero-order valence-electron chi connectivity index (χ0n) is 11.1. The average Bonchev–Trinajstić information content (AvgIpc) is 2.39. The predicted molar refractivity (Wildman–Crippen MR) is 73.1 cm³/mol. The smallest absolute Gasteiger partial charge is 0.451 e. The van der Waals surface area contributed by atoms with Crippen LogP contribution in [0.5, 0.6) is 5.75 Å². The van der Waals surface area contributed by atoms with Crippen LogP contribution in [0.3, 0.4) is 0 Å². The highest BCUT2D eigenvalue weighted by molar-refractivity contribution is 6.29. The second-order valence-electron chi connectivity index (χ2n) is 4.20. The van der Waals surface area contributed by atoms with Crippen LogP contribution in [0.25, 0.3) is 0 Å². The maximum absolute atomic E-state index is 12.6. The van der Waals surface area contributed by atoms with E-state index in [-0.39, 0.29) is 11.0 Å². The zero-order valence-corrected chi connectivity index (χ0v) is 11.9. The number of benzene rings is 1. The summed E-state index contributed by atoms with van der Waals surface area (Å²) in [6.07, 6.45) is -4.66. The van der Waals surface area contributed by atoms with Crippen molar-refractivity contribution >= 4 is 23.1 Å². The predicted octanol–water partition coefficient (Wildman–Crippen LogP) is 4.21. The van der Waals surface area contributed by atoms with Crippen LogP contribution in [0.2, 0.25) is 5.15 Å². The molecule has 0 saturated carbocycles. The van der Waals surface area contributed by atoms with Crippen molar-refractivity contribution in [2.24, 2.45) is 0 Å². The highest BCUT2D eigenvalue weighted by Gasteiger charge is 2.35. The molecule has 112 valence electrons. The van der Waals surface area contributed by atoms with E-state index in [1.807, 2.05) is 0 Å². The average molecular weight is 318 g/mol. The fourth-order valence-corrected chi connectivity index (χ4v) is 1.83. The van der Waals surface area contributed by atoms with E-state index in [4.69, 9.17) is 16.3 Å². The van der Waals surface area contributed by atoms with Crippen LogP contribution in [-0.4, -0.2) is 17.1 Å². The number of nitrogens with zero attached hydrogens (tertiary/aromatic N) is 2. The first-order chi connectivity index (χ1) is 9.79. The van der Waals surface area contributed by atoms with E-state index in [0.29, 0.717) is 11.4 Å². The molecule has 21 heavy (non-hydrogen) atoms. The van der Waals surface area contributed by atoms with Gasteiger partial charge in [0.1, 0.15) is 16.7 Å². The van der Waals surface area contributed by atoms with Crippen LogP contribution in [0, 0.1) is 6.92 Å². The second kappa shape index (κ2) is 5.77. The number of rotatable bonds is 3. The SMILES string of the molecule is COc1ccc(Nc2cc(Cl)nc(C(F)(F)F)n2)c(C)c1. The highest BCUT2D eigenvalue weighted by Crippen LogP contribution is 2.30. The Morgan fingerprint density at radius 3 is 2.48 bits per heavy atom. The van der Waals surface area contributed by atoms with Crippen molar-refractivity contribution in [3.63, 3.8) is 0 Å². The monoisotopic (exact) mass is 317 g/mol. The van der Waals surface area contributed by atoms with E-state index in [0.717, 1.165) is 5.56 Å². The van der Waals surface area contributed by atoms with E-state index in [1.54, 1.807) is 25.1 Å². The van der Waals surface area contributed by atoms with Crippen molar-refractivity contribution in [1.29, 1.82) is 0 Å². The Kier molecular flexibility index (Phi) is 4.22. The van der Waals surface area contributed by atoms with Crippen LogP contribution in [0.15, 0.2) is 24.3 Å². The minimum Gasteiger partial charge on any atom is -0.497 e. The summed E-state index contributed by atoms with van der Waals surface area (Å²) in [7, 11) is 1.53. The summed E-state index contributed by atoms with van der Waals surface area (Å²) in [4.78, 5) is 6.59. The Balaban J connectivity index is 2.33. The van der Waals surface area contributed by atoms with Gasteiger partial charge in [0.15, 0.2) is 0 Å². The summed E-state index contributed by atoms with van der Waals surface area (Å²) in [5.41, 5.74) is 1.39. The van der Waals surface area contributed by atoms with Gasteiger partial charge in [0, 0.05) is 11.8 Å². The minimum atomic E-state index is -4.66. The van der Waals surface area contributed by atoms with Gasteiger partial charge in [-0.05, 0) is 30.7 Å². The number of aryl methyl sites for hydroxylation is 1. The van der Waals surface area contributed by atoms with Gasteiger partial charge in [-0.2, -0.15) is 13.2 Å². The first kappa shape index (κ1) is 15.4. The van der Waals surface area contributed by atoms with Crippen LogP contribution in [0.4, 0.5) is 24.7 Å². The quantitative estimate of drug-likeness (QED) is 0.861. The van der Waals surface area contributed by atoms with E-state index in [1.165, 1.54) is 13.2 Å². The molecular formula is C13H11ClF3N3O. The van der Waals surface area contributed by atoms with Gasteiger partial charge in [0.05, 0.1) is 7.11 Å². The van der Waals surface area contributed by atoms with E-state index >= 15 is 0 Å². The maximum Gasteiger partial charge on any atom is 0.451 e. The number of methoxy groups -OCH3 is 1. The first-order valence-electron chi connectivity index (χ1n) is 5.83. The summed E-state index contributed by atoms with van der Waals surface area (Å²) in [5, 5.41) is 2.50. The number of alkyl halides is 3. The van der Waals surface area contributed by atoms with Gasteiger partial charge < -0.3 is 10.1 Å². The molecule has 0 atom stereocenters. The van der Waals surface area contributed by atoms with Gasteiger partial charge in [-0.15, -0.1) is 0 Å². The van der Waals surface area contributed by atoms with Gasteiger partial charge in [0.2, 0.25) is 5.82 Å². The molecule has 0 unspecified atom stereocenters. The number of aromatic nitrogens is 2. The van der Waals surface area contributed by atoms with Crippen LogP contribution < -0.4 is 10.1 Å². The highest BCUT2D eigenvalue weighted by atomic mass is 35.5. The largest absolute Gasteiger partial charge is 0.497 e. The molecule has 1 heterocycles. The molecule has 1 aromatic heterocycles. The second-order valence-corrected chi connectivity index (χ2v) is 4.59. The molecular weight excluding hydrogens is 307 g/mol. The fraction of sp³-hybridized carbons (Fsp3) is 0.231. The fourth-order valence-electron chi connectivity index (χ4n) is 1.65. The van der Waals surface area contributed by atoms with E-state index < -0.39 is 12.0 Å². The lowest BCUT2D eigenvalue weighted by Gasteiger charge is -2.12. The van der Waals surface area contributed by atoms with Crippen LogP contribution >= 0.6 is 11.6 Å². The summed E-state index contributed by atoms with van der Waals surface area (Å²) in [5.74, 6) is -0.672. The molecule has 0 aliphatic carbocycles. The lowest BCUT2D eigenvalue weighted by atomic mass is 10.2. The van der Waals surface area contributed by atoms with Gasteiger partial charge in [-0.25, -0.2) is 9.97 Å². The van der Waals surface area contributed by atoms with Gasteiger partial charge >= 0.3 is 6.18 Å². The molecule has 2 aromatic rings. The molecule has 0 radical (unpaired) electrons. The molecule has 2 rings (SSSR count). The normalized spacial score (nSPS) is 11.3. The third kappa shape index (κ3) is 3.75. The third-order valence-corrected chi connectivity index (χ3v) is 2.84. The summed E-state index contributed by atoms with van der Waals surface area (Å²) in [6.45, 7) is 1.79. The van der Waals surface area contributed by atoms with Crippen LogP contribution in [0.1, 0.15) is 11.4 Å². The third-order valence-electron chi connectivity index (χ3n) is 2.64. The van der Waals surface area contributed by atoms with E-state index in [2.05, 4.69) is 15.3 Å². The number of nitrogens with one attached hydrogen (secondary N) is 1. The maximum atomic E-state index is 12.6. The molecule has 0 spiro atoms. The number of halogens is 4. The number of hydrogen-bond acceptors (Lipinski definition) is 4. The van der Waals surface area contributed by atoms with Crippen LogP contribution in [-0.2, 0) is 6.18 Å². The van der Waals surface area contributed by atoms with Gasteiger partial charge in [-0.3, -0.25) is 0 Å². The Bertz CT molecular complexity index is 662. The molecule has 8 heteroatoms. The van der Waals surface area contributed by atoms with Crippen molar-refractivity contribution in [2.75, 3.05) is 12.4 Å². The number of hydrogen-bond donors (Lipinski definition) is 1.